The van der Waals surface area contributed by atoms with Gasteiger partial charge in [-0.2, -0.15) is 0 Å². The molecule has 2 nitrogen and oxygen atoms in total. The molecule has 1 aliphatic rings. The van der Waals surface area contributed by atoms with Crippen molar-refractivity contribution < 1.29 is 4.74 Å². The lowest BCUT2D eigenvalue weighted by Gasteiger charge is -2.11. The molecule has 1 N–H and O–H groups in total. The molecule has 0 radical (unpaired) electrons. The third kappa shape index (κ3) is 1.76. The van der Waals surface area contributed by atoms with E-state index in [1.54, 1.807) is 7.11 Å². The molecule has 0 spiro atoms. The second-order valence-corrected chi connectivity index (χ2v) is 4.30. The minimum atomic E-state index is 0.432. The first-order chi connectivity index (χ1) is 8.38. The molecule has 2 heteroatoms. The number of hydrogen-bond acceptors (Lipinski definition) is 2. The summed E-state index contributed by atoms with van der Waals surface area (Å²) in [5, 5.41) is 3.44. The van der Waals surface area contributed by atoms with Crippen molar-refractivity contribution in [2.75, 3.05) is 19.0 Å². The Hall–Kier alpha value is -1.96. The predicted molar refractivity (Wildman–Crippen MR) is 69.8 cm³/mol. The van der Waals surface area contributed by atoms with Crippen LogP contribution >= 0.6 is 0 Å². The Morgan fingerprint density at radius 2 is 1.94 bits per heavy atom. The Morgan fingerprint density at radius 1 is 1.12 bits per heavy atom. The Balaban J connectivity index is 2.03. The van der Waals surface area contributed by atoms with Gasteiger partial charge in [0.15, 0.2) is 0 Å². The monoisotopic (exact) mass is 225 g/mol. The van der Waals surface area contributed by atoms with Gasteiger partial charge in [-0.15, -0.1) is 0 Å². The number of rotatable bonds is 2. The van der Waals surface area contributed by atoms with Gasteiger partial charge in [0.05, 0.1) is 7.11 Å². The summed E-state index contributed by atoms with van der Waals surface area (Å²) >= 11 is 0. The summed E-state index contributed by atoms with van der Waals surface area (Å²) in [6.07, 6.45) is 0. The van der Waals surface area contributed by atoms with Gasteiger partial charge in [0.2, 0.25) is 0 Å². The standard InChI is InChI=1S/C15H15NO/c1-17-12-7-8-15-13(9-12)14(10-16-15)11-5-3-2-4-6-11/h2-9,14,16H,10H2,1H3. The number of nitrogens with one attached hydrogen (secondary N) is 1. The first-order valence-electron chi connectivity index (χ1n) is 5.85. The first kappa shape index (κ1) is 10.2. The van der Waals surface area contributed by atoms with E-state index in [0.717, 1.165) is 12.3 Å². The second kappa shape index (κ2) is 4.13. The fraction of sp³-hybridized carbons (Fsp3) is 0.200. The summed E-state index contributed by atoms with van der Waals surface area (Å²) in [6.45, 7) is 0.965. The third-order valence-electron chi connectivity index (χ3n) is 3.33. The van der Waals surface area contributed by atoms with Crippen molar-refractivity contribution in [2.24, 2.45) is 0 Å². The van der Waals surface area contributed by atoms with Crippen LogP contribution in [0, 0.1) is 0 Å². The van der Waals surface area contributed by atoms with E-state index in [4.69, 9.17) is 4.74 Å². The quantitative estimate of drug-likeness (QED) is 0.847. The lowest BCUT2D eigenvalue weighted by Crippen LogP contribution is -2.03. The zero-order valence-corrected chi connectivity index (χ0v) is 9.81. The fourth-order valence-corrected chi connectivity index (χ4v) is 2.42. The van der Waals surface area contributed by atoms with Crippen molar-refractivity contribution in [3.63, 3.8) is 0 Å². The van der Waals surface area contributed by atoms with Gasteiger partial charge in [0.1, 0.15) is 5.75 Å². The highest BCUT2D eigenvalue weighted by atomic mass is 16.5. The number of benzene rings is 2. The van der Waals surface area contributed by atoms with Crippen LogP contribution in [0.2, 0.25) is 0 Å². The second-order valence-electron chi connectivity index (χ2n) is 4.30. The van der Waals surface area contributed by atoms with Crippen LogP contribution in [-0.2, 0) is 0 Å². The Labute approximate surface area is 101 Å². The van der Waals surface area contributed by atoms with Crippen molar-refractivity contribution in [3.8, 4) is 5.75 Å². The largest absolute Gasteiger partial charge is 0.497 e. The highest BCUT2D eigenvalue weighted by Gasteiger charge is 2.23. The Kier molecular flexibility index (Phi) is 2.48. The minimum absolute atomic E-state index is 0.432. The predicted octanol–water partition coefficient (Wildman–Crippen LogP) is 3.25. The average Bonchev–Trinajstić information content (AvgIpc) is 2.82. The number of ether oxygens (including phenoxy) is 1. The number of anilines is 1. The van der Waals surface area contributed by atoms with Gasteiger partial charge in [-0.3, -0.25) is 0 Å². The van der Waals surface area contributed by atoms with E-state index in [1.807, 2.05) is 6.07 Å². The van der Waals surface area contributed by atoms with Crippen molar-refractivity contribution in [3.05, 3.63) is 59.7 Å². The van der Waals surface area contributed by atoms with Crippen molar-refractivity contribution in [2.45, 2.75) is 5.92 Å². The first-order valence-corrected chi connectivity index (χ1v) is 5.85. The van der Waals surface area contributed by atoms with E-state index >= 15 is 0 Å². The van der Waals surface area contributed by atoms with E-state index in [9.17, 15) is 0 Å². The molecule has 0 amide bonds. The van der Waals surface area contributed by atoms with Crippen LogP contribution in [0.15, 0.2) is 48.5 Å². The molecule has 0 saturated heterocycles. The van der Waals surface area contributed by atoms with E-state index < -0.39 is 0 Å². The molecule has 17 heavy (non-hydrogen) atoms. The van der Waals surface area contributed by atoms with E-state index in [2.05, 4.69) is 47.8 Å². The van der Waals surface area contributed by atoms with E-state index in [0.29, 0.717) is 5.92 Å². The molecule has 0 bridgehead atoms. The number of fused-ring (bicyclic) bond motifs is 1. The number of hydrogen-bond donors (Lipinski definition) is 1. The molecule has 0 fully saturated rings. The SMILES string of the molecule is COc1ccc2c(c1)C(c1ccccc1)CN2. The maximum absolute atomic E-state index is 5.30. The van der Waals surface area contributed by atoms with Crippen molar-refractivity contribution >= 4 is 5.69 Å². The lowest BCUT2D eigenvalue weighted by atomic mass is 9.93. The van der Waals surface area contributed by atoms with Gasteiger partial charge < -0.3 is 10.1 Å². The topological polar surface area (TPSA) is 21.3 Å². The molecule has 0 aromatic heterocycles. The van der Waals surface area contributed by atoms with Crippen LogP contribution in [0.5, 0.6) is 5.75 Å². The van der Waals surface area contributed by atoms with Gasteiger partial charge >= 0.3 is 0 Å². The number of methoxy groups -OCH3 is 1. The van der Waals surface area contributed by atoms with Crippen LogP contribution in [0.1, 0.15) is 17.0 Å². The maximum atomic E-state index is 5.30. The smallest absolute Gasteiger partial charge is 0.119 e. The van der Waals surface area contributed by atoms with Crippen LogP contribution in [0.3, 0.4) is 0 Å². The molecule has 1 unspecified atom stereocenters. The normalized spacial score (nSPS) is 17.4. The van der Waals surface area contributed by atoms with Crippen LogP contribution in [0.25, 0.3) is 0 Å². The highest BCUT2D eigenvalue weighted by molar-refractivity contribution is 5.62. The average molecular weight is 225 g/mol. The molecular weight excluding hydrogens is 210 g/mol. The van der Waals surface area contributed by atoms with Crippen LogP contribution in [0.4, 0.5) is 5.69 Å². The molecule has 0 aliphatic carbocycles. The molecule has 86 valence electrons. The Bertz CT molecular complexity index is 522. The lowest BCUT2D eigenvalue weighted by molar-refractivity contribution is 0.414. The summed E-state index contributed by atoms with van der Waals surface area (Å²) in [5.74, 6) is 1.36. The van der Waals surface area contributed by atoms with Gasteiger partial charge in [0.25, 0.3) is 0 Å². The molecule has 1 heterocycles. The third-order valence-corrected chi connectivity index (χ3v) is 3.33. The summed E-state index contributed by atoms with van der Waals surface area (Å²) in [7, 11) is 1.71. The van der Waals surface area contributed by atoms with Gasteiger partial charge in [-0.05, 0) is 29.3 Å². The Morgan fingerprint density at radius 3 is 2.71 bits per heavy atom. The fourth-order valence-electron chi connectivity index (χ4n) is 2.42. The van der Waals surface area contributed by atoms with E-state index in [1.165, 1.54) is 16.8 Å². The summed E-state index contributed by atoms with van der Waals surface area (Å²) < 4.78 is 5.30. The van der Waals surface area contributed by atoms with Crippen LogP contribution < -0.4 is 10.1 Å². The zero-order chi connectivity index (χ0) is 11.7. The zero-order valence-electron chi connectivity index (χ0n) is 9.81. The molecule has 0 saturated carbocycles. The molecule has 3 rings (SSSR count). The summed E-state index contributed by atoms with van der Waals surface area (Å²) in [5.41, 5.74) is 3.90. The molecule has 1 aliphatic heterocycles. The molecule has 1 atom stereocenters. The van der Waals surface area contributed by atoms with E-state index in [-0.39, 0.29) is 0 Å². The van der Waals surface area contributed by atoms with Crippen molar-refractivity contribution in [1.29, 1.82) is 0 Å². The molecular formula is C15H15NO. The van der Waals surface area contributed by atoms with Gasteiger partial charge in [-0.25, -0.2) is 0 Å². The van der Waals surface area contributed by atoms with Gasteiger partial charge in [0, 0.05) is 18.2 Å². The van der Waals surface area contributed by atoms with Crippen LogP contribution in [-0.4, -0.2) is 13.7 Å². The summed E-state index contributed by atoms with van der Waals surface area (Å²) in [6, 6.07) is 16.8. The molecule has 2 aromatic carbocycles. The highest BCUT2D eigenvalue weighted by Crippen LogP contribution is 2.37. The molecule has 2 aromatic rings. The van der Waals surface area contributed by atoms with Gasteiger partial charge in [-0.1, -0.05) is 30.3 Å². The minimum Gasteiger partial charge on any atom is -0.497 e. The summed E-state index contributed by atoms with van der Waals surface area (Å²) in [4.78, 5) is 0. The maximum Gasteiger partial charge on any atom is 0.119 e. The van der Waals surface area contributed by atoms with Crippen molar-refractivity contribution in [1.82, 2.24) is 0 Å².